The molecule has 0 amide bonds. The molecule has 0 spiro atoms. The fraction of sp³-hybridized carbons (Fsp3) is 0.429. The molecular weight excluding hydrogens is 292 g/mol. The summed E-state index contributed by atoms with van der Waals surface area (Å²) < 4.78 is 0. The van der Waals surface area contributed by atoms with Crippen LogP contribution in [0, 0.1) is 0 Å². The monoisotopic (exact) mass is 310 g/mol. The van der Waals surface area contributed by atoms with Gasteiger partial charge in [-0.1, -0.05) is 0 Å². The minimum atomic E-state index is 0. The lowest BCUT2D eigenvalue weighted by molar-refractivity contribution is 0.201. The molecule has 0 saturated carbocycles. The number of pyridine rings is 1. The Morgan fingerprint density at radius 2 is 2.20 bits per heavy atom. The van der Waals surface area contributed by atoms with Crippen molar-refractivity contribution in [2.75, 3.05) is 19.6 Å². The highest BCUT2D eigenvalue weighted by molar-refractivity contribution is 7.15. The number of nitrogens with zero attached hydrogens (tertiary/aromatic N) is 3. The van der Waals surface area contributed by atoms with Crippen molar-refractivity contribution >= 4 is 23.7 Å². The summed E-state index contributed by atoms with van der Waals surface area (Å²) in [6.45, 7) is 6.56. The zero-order valence-corrected chi connectivity index (χ0v) is 13.1. The second-order valence-corrected chi connectivity index (χ2v) is 6.07. The zero-order valence-electron chi connectivity index (χ0n) is 11.5. The van der Waals surface area contributed by atoms with E-state index in [0.29, 0.717) is 6.04 Å². The molecule has 4 nitrogen and oxygen atoms in total. The maximum atomic E-state index is 4.52. The smallest absolute Gasteiger partial charge is 0.123 e. The van der Waals surface area contributed by atoms with Gasteiger partial charge in [0.1, 0.15) is 5.01 Å². The summed E-state index contributed by atoms with van der Waals surface area (Å²) in [5.74, 6) is 0. The van der Waals surface area contributed by atoms with Crippen LogP contribution in [0.2, 0.25) is 0 Å². The molecule has 3 heterocycles. The Labute approximate surface area is 129 Å². The van der Waals surface area contributed by atoms with Crippen LogP contribution in [-0.2, 0) is 6.54 Å². The van der Waals surface area contributed by atoms with Gasteiger partial charge in [0.25, 0.3) is 0 Å². The van der Waals surface area contributed by atoms with Crippen LogP contribution in [-0.4, -0.2) is 40.5 Å². The van der Waals surface area contributed by atoms with E-state index in [4.69, 9.17) is 0 Å². The van der Waals surface area contributed by atoms with Crippen LogP contribution in [0.5, 0.6) is 0 Å². The van der Waals surface area contributed by atoms with Gasteiger partial charge in [0.2, 0.25) is 0 Å². The number of nitrogens with one attached hydrogen (secondary N) is 1. The van der Waals surface area contributed by atoms with Crippen LogP contribution in [0.1, 0.15) is 11.8 Å². The maximum Gasteiger partial charge on any atom is 0.123 e. The van der Waals surface area contributed by atoms with Gasteiger partial charge in [-0.2, -0.15) is 0 Å². The highest BCUT2D eigenvalue weighted by atomic mass is 35.5. The van der Waals surface area contributed by atoms with Gasteiger partial charge in [-0.3, -0.25) is 9.88 Å². The van der Waals surface area contributed by atoms with Gasteiger partial charge in [-0.05, 0) is 19.1 Å². The number of aromatic nitrogens is 2. The van der Waals surface area contributed by atoms with Crippen molar-refractivity contribution in [2.45, 2.75) is 19.5 Å². The van der Waals surface area contributed by atoms with E-state index >= 15 is 0 Å². The molecule has 2 aromatic rings. The predicted octanol–water partition coefficient (Wildman–Crippen LogP) is 2.42. The van der Waals surface area contributed by atoms with E-state index < -0.39 is 0 Å². The quantitative estimate of drug-likeness (QED) is 0.945. The highest BCUT2D eigenvalue weighted by Gasteiger charge is 2.16. The van der Waals surface area contributed by atoms with Gasteiger partial charge in [0.15, 0.2) is 0 Å². The van der Waals surface area contributed by atoms with E-state index in [1.807, 2.05) is 30.7 Å². The first-order chi connectivity index (χ1) is 9.31. The number of hydrogen-bond acceptors (Lipinski definition) is 5. The summed E-state index contributed by atoms with van der Waals surface area (Å²) in [7, 11) is 0. The molecule has 1 aliphatic rings. The van der Waals surface area contributed by atoms with E-state index in [2.05, 4.69) is 27.1 Å². The van der Waals surface area contributed by atoms with Crippen molar-refractivity contribution in [3.63, 3.8) is 0 Å². The van der Waals surface area contributed by atoms with Crippen molar-refractivity contribution in [3.8, 4) is 10.6 Å². The molecule has 1 atom stereocenters. The minimum Gasteiger partial charge on any atom is -0.312 e. The summed E-state index contributed by atoms with van der Waals surface area (Å²) in [4.78, 5) is 12.4. The van der Waals surface area contributed by atoms with Crippen LogP contribution < -0.4 is 5.32 Å². The van der Waals surface area contributed by atoms with Crippen LogP contribution in [0.25, 0.3) is 10.6 Å². The fourth-order valence-corrected chi connectivity index (χ4v) is 3.34. The minimum absolute atomic E-state index is 0. The molecular formula is C14H19ClN4S. The Bertz CT molecular complexity index is 531. The van der Waals surface area contributed by atoms with E-state index in [1.165, 1.54) is 4.88 Å². The third kappa shape index (κ3) is 3.76. The second kappa shape index (κ2) is 7.13. The average molecular weight is 311 g/mol. The molecule has 2 aromatic heterocycles. The molecule has 3 rings (SSSR count). The van der Waals surface area contributed by atoms with Gasteiger partial charge in [-0.25, -0.2) is 4.98 Å². The largest absolute Gasteiger partial charge is 0.312 e. The Kier molecular flexibility index (Phi) is 5.48. The number of halogens is 1. The number of hydrogen-bond donors (Lipinski definition) is 1. The summed E-state index contributed by atoms with van der Waals surface area (Å²) >= 11 is 1.78. The lowest BCUT2D eigenvalue weighted by Crippen LogP contribution is -2.48. The van der Waals surface area contributed by atoms with Gasteiger partial charge in [0, 0.05) is 61.3 Å². The molecule has 0 aliphatic carbocycles. The molecule has 108 valence electrons. The van der Waals surface area contributed by atoms with E-state index in [9.17, 15) is 0 Å². The van der Waals surface area contributed by atoms with Gasteiger partial charge >= 0.3 is 0 Å². The molecule has 1 saturated heterocycles. The topological polar surface area (TPSA) is 41.1 Å². The van der Waals surface area contributed by atoms with Gasteiger partial charge < -0.3 is 5.32 Å². The van der Waals surface area contributed by atoms with Crippen LogP contribution in [0.4, 0.5) is 0 Å². The normalized spacial score (nSPS) is 19.6. The van der Waals surface area contributed by atoms with Crippen molar-refractivity contribution in [1.82, 2.24) is 20.2 Å². The molecule has 0 unspecified atom stereocenters. The summed E-state index contributed by atoms with van der Waals surface area (Å²) in [5.41, 5.74) is 1.15. The molecule has 0 radical (unpaired) electrons. The number of thiazole rings is 1. The number of rotatable bonds is 3. The van der Waals surface area contributed by atoms with Gasteiger partial charge in [0.05, 0.1) is 0 Å². The molecule has 6 heteroatoms. The van der Waals surface area contributed by atoms with Crippen molar-refractivity contribution < 1.29 is 0 Å². The Balaban J connectivity index is 0.00000147. The summed E-state index contributed by atoms with van der Waals surface area (Å²) in [6, 6.07) is 4.60. The van der Waals surface area contributed by atoms with E-state index in [-0.39, 0.29) is 12.4 Å². The Morgan fingerprint density at radius 1 is 1.40 bits per heavy atom. The molecule has 1 aliphatic heterocycles. The third-order valence-corrected chi connectivity index (χ3v) is 4.34. The van der Waals surface area contributed by atoms with E-state index in [0.717, 1.165) is 36.8 Å². The lowest BCUT2D eigenvalue weighted by atomic mass is 10.2. The first-order valence-electron chi connectivity index (χ1n) is 6.62. The second-order valence-electron chi connectivity index (χ2n) is 4.96. The molecule has 0 aromatic carbocycles. The van der Waals surface area contributed by atoms with Crippen molar-refractivity contribution in [3.05, 3.63) is 35.6 Å². The zero-order chi connectivity index (χ0) is 13.1. The number of piperazine rings is 1. The third-order valence-electron chi connectivity index (χ3n) is 3.31. The van der Waals surface area contributed by atoms with E-state index in [1.54, 1.807) is 11.3 Å². The average Bonchev–Trinajstić information content (AvgIpc) is 2.88. The predicted molar refractivity (Wildman–Crippen MR) is 85.3 cm³/mol. The Morgan fingerprint density at radius 3 is 2.95 bits per heavy atom. The fourth-order valence-electron chi connectivity index (χ4n) is 2.38. The molecule has 0 bridgehead atoms. The lowest BCUT2D eigenvalue weighted by Gasteiger charge is -2.31. The highest BCUT2D eigenvalue weighted by Crippen LogP contribution is 2.25. The van der Waals surface area contributed by atoms with Crippen LogP contribution >= 0.6 is 23.7 Å². The van der Waals surface area contributed by atoms with Gasteiger partial charge in [-0.15, -0.1) is 23.7 Å². The molecule has 20 heavy (non-hydrogen) atoms. The standard InChI is InChI=1S/C14H18N4S.ClH/c1-11-9-18(7-6-16-11)10-13-8-17-14(19-13)12-2-4-15-5-3-12;/h2-5,8,11,16H,6-7,9-10H2,1H3;1H/t11-;/m1./s1. The van der Waals surface area contributed by atoms with Crippen LogP contribution in [0.15, 0.2) is 30.7 Å². The maximum absolute atomic E-state index is 4.52. The Hall–Kier alpha value is -1.01. The first kappa shape index (κ1) is 15.4. The van der Waals surface area contributed by atoms with Crippen LogP contribution in [0.3, 0.4) is 0 Å². The summed E-state index contributed by atoms with van der Waals surface area (Å²) in [6.07, 6.45) is 5.63. The van der Waals surface area contributed by atoms with Crippen molar-refractivity contribution in [2.24, 2.45) is 0 Å². The SMILES string of the molecule is C[C@@H]1CN(Cc2cnc(-c3ccncc3)s2)CCN1.Cl. The van der Waals surface area contributed by atoms with Crippen molar-refractivity contribution in [1.29, 1.82) is 0 Å². The molecule has 1 fully saturated rings. The first-order valence-corrected chi connectivity index (χ1v) is 7.44. The molecule has 1 N–H and O–H groups in total. The summed E-state index contributed by atoms with van der Waals surface area (Å²) in [5, 5.41) is 4.55.